The van der Waals surface area contributed by atoms with E-state index in [9.17, 15) is 4.79 Å². The fourth-order valence-corrected chi connectivity index (χ4v) is 3.70. The predicted octanol–water partition coefficient (Wildman–Crippen LogP) is 4.43. The molecule has 0 spiro atoms. The van der Waals surface area contributed by atoms with Crippen LogP contribution < -0.4 is 9.47 Å². The predicted molar refractivity (Wildman–Crippen MR) is 120 cm³/mol. The highest BCUT2D eigenvalue weighted by molar-refractivity contribution is 6.04. The third-order valence-corrected chi connectivity index (χ3v) is 5.41. The Morgan fingerprint density at radius 1 is 1.13 bits per heavy atom. The number of piperidine rings is 1. The van der Waals surface area contributed by atoms with Gasteiger partial charge in [0, 0.05) is 50.0 Å². The molecule has 6 heteroatoms. The number of ether oxygens (including phenoxy) is 2. The van der Waals surface area contributed by atoms with E-state index in [0.717, 1.165) is 43.1 Å². The number of imidazole rings is 1. The fourth-order valence-electron chi connectivity index (χ4n) is 3.70. The second kappa shape index (κ2) is 9.51. The molecule has 0 amide bonds. The van der Waals surface area contributed by atoms with E-state index in [-0.39, 0.29) is 11.9 Å². The maximum absolute atomic E-state index is 12.7. The maximum atomic E-state index is 12.7. The van der Waals surface area contributed by atoms with Crippen molar-refractivity contribution < 1.29 is 14.3 Å². The summed E-state index contributed by atoms with van der Waals surface area (Å²) in [5.41, 5.74) is 2.36. The van der Waals surface area contributed by atoms with Gasteiger partial charge < -0.3 is 18.9 Å². The number of carbonyl (C=O) groups is 1. The van der Waals surface area contributed by atoms with Crippen LogP contribution in [-0.4, -0.2) is 46.5 Å². The molecule has 1 aliphatic heterocycles. The van der Waals surface area contributed by atoms with E-state index < -0.39 is 0 Å². The molecule has 1 aliphatic rings. The summed E-state index contributed by atoms with van der Waals surface area (Å²) in [6.07, 6.45) is 9.26. The van der Waals surface area contributed by atoms with Crippen LogP contribution in [0.1, 0.15) is 28.9 Å². The van der Waals surface area contributed by atoms with Crippen LogP contribution in [0.25, 0.3) is 5.69 Å². The van der Waals surface area contributed by atoms with Crippen LogP contribution in [0.4, 0.5) is 0 Å². The number of ketones is 1. The summed E-state index contributed by atoms with van der Waals surface area (Å²) in [5, 5.41) is 0. The van der Waals surface area contributed by atoms with Gasteiger partial charge in [0.05, 0.1) is 24.8 Å². The molecule has 0 atom stereocenters. The molecule has 0 radical (unpaired) electrons. The molecule has 0 aliphatic carbocycles. The van der Waals surface area contributed by atoms with Gasteiger partial charge >= 0.3 is 0 Å². The topological polar surface area (TPSA) is 56.6 Å². The minimum Gasteiger partial charge on any atom is -0.495 e. The molecule has 0 bridgehead atoms. The lowest BCUT2D eigenvalue weighted by molar-refractivity contribution is 0.104. The summed E-state index contributed by atoms with van der Waals surface area (Å²) in [6, 6.07) is 15.4. The molecular formula is C25H27N3O3. The molecule has 0 unspecified atom stereocenters. The number of hydrogen-bond acceptors (Lipinski definition) is 5. The molecule has 160 valence electrons. The van der Waals surface area contributed by atoms with E-state index in [1.54, 1.807) is 25.6 Å². The van der Waals surface area contributed by atoms with Gasteiger partial charge in [-0.3, -0.25) is 4.79 Å². The average Bonchev–Trinajstić information content (AvgIpc) is 3.24. The molecule has 3 aromatic rings. The molecule has 1 aromatic heterocycles. The van der Waals surface area contributed by atoms with Crippen molar-refractivity contribution in [1.29, 1.82) is 0 Å². The number of rotatable bonds is 7. The molecule has 2 aromatic carbocycles. The highest BCUT2D eigenvalue weighted by Crippen LogP contribution is 2.25. The lowest BCUT2D eigenvalue weighted by atomic mass is 10.1. The molecule has 4 rings (SSSR count). The monoisotopic (exact) mass is 417 g/mol. The summed E-state index contributed by atoms with van der Waals surface area (Å²) in [4.78, 5) is 19.1. The second-order valence-electron chi connectivity index (χ2n) is 7.66. The number of para-hydroxylation sites is 1. The van der Waals surface area contributed by atoms with Gasteiger partial charge in [-0.1, -0.05) is 18.2 Å². The smallest absolute Gasteiger partial charge is 0.187 e. The zero-order valence-electron chi connectivity index (χ0n) is 17.9. The Balaban J connectivity index is 1.35. The summed E-state index contributed by atoms with van der Waals surface area (Å²) in [5.74, 6) is 1.50. The van der Waals surface area contributed by atoms with Crippen LogP contribution in [0.5, 0.6) is 11.5 Å². The molecule has 0 N–H and O–H groups in total. The van der Waals surface area contributed by atoms with Gasteiger partial charge in [0.15, 0.2) is 5.78 Å². The third kappa shape index (κ3) is 5.15. The summed E-state index contributed by atoms with van der Waals surface area (Å²) in [7, 11) is 1.61. The number of aromatic nitrogens is 2. The van der Waals surface area contributed by atoms with Crippen molar-refractivity contribution in [1.82, 2.24) is 14.5 Å². The van der Waals surface area contributed by atoms with Crippen LogP contribution in [0, 0.1) is 6.92 Å². The highest BCUT2D eigenvalue weighted by atomic mass is 16.5. The normalized spacial score (nSPS) is 14.7. The Kier molecular flexibility index (Phi) is 6.36. The van der Waals surface area contributed by atoms with E-state index in [1.807, 2.05) is 66.4 Å². The number of allylic oxidation sites excluding steroid dienone is 1. The SMILES string of the molecule is COc1cc(C(=O)/C=C/N2CCC(Oc3ccccc3)CC2)ccc1-n1cnc(C)c1. The quantitative estimate of drug-likeness (QED) is 0.421. The number of aryl methyl sites for hydroxylation is 1. The number of methoxy groups -OCH3 is 1. The molecule has 1 fully saturated rings. The summed E-state index contributed by atoms with van der Waals surface area (Å²) < 4.78 is 13.4. The van der Waals surface area contributed by atoms with Crippen molar-refractivity contribution in [2.24, 2.45) is 0 Å². The maximum Gasteiger partial charge on any atom is 0.187 e. The van der Waals surface area contributed by atoms with Gasteiger partial charge in [-0.15, -0.1) is 0 Å². The van der Waals surface area contributed by atoms with Crippen molar-refractivity contribution in [2.45, 2.75) is 25.9 Å². The molecule has 0 saturated carbocycles. The Morgan fingerprint density at radius 2 is 1.90 bits per heavy atom. The molecule has 2 heterocycles. The minimum absolute atomic E-state index is 0.0469. The fraction of sp³-hybridized carbons (Fsp3) is 0.280. The zero-order valence-corrected chi connectivity index (χ0v) is 17.9. The Bertz CT molecular complexity index is 1050. The number of hydrogen-bond donors (Lipinski definition) is 0. The van der Waals surface area contributed by atoms with Crippen LogP contribution in [-0.2, 0) is 0 Å². The van der Waals surface area contributed by atoms with Crippen LogP contribution in [0.3, 0.4) is 0 Å². The van der Waals surface area contributed by atoms with Crippen molar-refractivity contribution in [3.63, 3.8) is 0 Å². The number of carbonyl (C=O) groups excluding carboxylic acids is 1. The first-order chi connectivity index (χ1) is 15.1. The van der Waals surface area contributed by atoms with E-state index in [4.69, 9.17) is 9.47 Å². The largest absolute Gasteiger partial charge is 0.495 e. The first-order valence-corrected chi connectivity index (χ1v) is 10.5. The highest BCUT2D eigenvalue weighted by Gasteiger charge is 2.19. The van der Waals surface area contributed by atoms with Gasteiger partial charge in [0.25, 0.3) is 0 Å². The van der Waals surface area contributed by atoms with E-state index >= 15 is 0 Å². The third-order valence-electron chi connectivity index (χ3n) is 5.41. The Labute approximate surface area is 182 Å². The van der Waals surface area contributed by atoms with E-state index in [2.05, 4.69) is 9.88 Å². The van der Waals surface area contributed by atoms with E-state index in [0.29, 0.717) is 11.3 Å². The number of likely N-dealkylation sites (tertiary alicyclic amines) is 1. The van der Waals surface area contributed by atoms with Crippen LogP contribution in [0.2, 0.25) is 0 Å². The first-order valence-electron chi connectivity index (χ1n) is 10.5. The Hall–Kier alpha value is -3.54. The summed E-state index contributed by atoms with van der Waals surface area (Å²) >= 11 is 0. The summed E-state index contributed by atoms with van der Waals surface area (Å²) in [6.45, 7) is 3.66. The van der Waals surface area contributed by atoms with Crippen molar-refractivity contribution >= 4 is 5.78 Å². The van der Waals surface area contributed by atoms with Crippen molar-refractivity contribution in [3.05, 3.63) is 84.6 Å². The first kappa shape index (κ1) is 20.7. The number of nitrogens with zero attached hydrogens (tertiary/aromatic N) is 3. The average molecular weight is 418 g/mol. The van der Waals surface area contributed by atoms with Gasteiger partial charge in [-0.25, -0.2) is 4.98 Å². The van der Waals surface area contributed by atoms with Gasteiger partial charge in [0.1, 0.15) is 17.6 Å². The van der Waals surface area contributed by atoms with Gasteiger partial charge in [-0.05, 0) is 37.3 Å². The second-order valence-corrected chi connectivity index (χ2v) is 7.66. The minimum atomic E-state index is -0.0469. The van der Waals surface area contributed by atoms with Gasteiger partial charge in [0.2, 0.25) is 0 Å². The van der Waals surface area contributed by atoms with E-state index in [1.165, 1.54) is 0 Å². The molecule has 31 heavy (non-hydrogen) atoms. The van der Waals surface area contributed by atoms with Crippen LogP contribution in [0.15, 0.2) is 73.3 Å². The standard InChI is InChI=1S/C25H27N3O3/c1-19-17-28(18-26-19)23-9-8-20(16-25(23)30-2)24(29)12-15-27-13-10-22(11-14-27)31-21-6-4-3-5-7-21/h3-9,12,15-18,22H,10-11,13-14H2,1-2H3/b15-12+. The van der Waals surface area contributed by atoms with Crippen molar-refractivity contribution in [2.75, 3.05) is 20.2 Å². The molecule has 6 nitrogen and oxygen atoms in total. The lowest BCUT2D eigenvalue weighted by Gasteiger charge is -2.31. The molecule has 1 saturated heterocycles. The van der Waals surface area contributed by atoms with Crippen LogP contribution >= 0.6 is 0 Å². The molecular weight excluding hydrogens is 390 g/mol. The van der Waals surface area contributed by atoms with Gasteiger partial charge in [-0.2, -0.15) is 0 Å². The zero-order chi connectivity index (χ0) is 21.6. The number of benzene rings is 2. The van der Waals surface area contributed by atoms with Crippen molar-refractivity contribution in [3.8, 4) is 17.2 Å². The Morgan fingerprint density at radius 3 is 2.58 bits per heavy atom. The lowest BCUT2D eigenvalue weighted by Crippen LogP contribution is -2.35.